The number of aromatic nitrogens is 1. The van der Waals surface area contributed by atoms with Crippen LogP contribution in [0.3, 0.4) is 0 Å². The van der Waals surface area contributed by atoms with Crippen molar-refractivity contribution in [2.75, 3.05) is 38.2 Å². The summed E-state index contributed by atoms with van der Waals surface area (Å²) in [5, 5.41) is 3.89. The lowest BCUT2D eigenvalue weighted by atomic mass is 10.2. The van der Waals surface area contributed by atoms with Crippen molar-refractivity contribution in [1.82, 2.24) is 9.27 Å². The van der Waals surface area contributed by atoms with Crippen LogP contribution in [0.4, 0.5) is 5.82 Å². The van der Waals surface area contributed by atoms with Crippen LogP contribution in [0.1, 0.15) is 0 Å². The van der Waals surface area contributed by atoms with Crippen LogP contribution in [0.5, 0.6) is 0 Å². The number of nitrogens with one attached hydrogen (secondary N) is 1. The van der Waals surface area contributed by atoms with E-state index in [4.69, 9.17) is 4.74 Å². The highest BCUT2D eigenvalue weighted by atomic mass is 32.1. The molecule has 0 radical (unpaired) electrons. The molecule has 2 heterocycles. The van der Waals surface area contributed by atoms with E-state index < -0.39 is 0 Å². The Morgan fingerprint density at radius 1 is 1.37 bits per heavy atom. The number of morpholine rings is 1. The second kappa shape index (κ2) is 5.64. The molecule has 1 fully saturated rings. The summed E-state index contributed by atoms with van der Waals surface area (Å²) >= 11 is 1.40. The summed E-state index contributed by atoms with van der Waals surface area (Å²) in [6.07, 6.45) is 0. The van der Waals surface area contributed by atoms with Gasteiger partial charge in [-0.3, -0.25) is 9.69 Å². The molecular formula is C13H15N3O2S. The maximum atomic E-state index is 12.0. The minimum atomic E-state index is -0.0158. The number of hydrogen-bond acceptors (Lipinski definition) is 5. The number of carbonyl (C=O) groups is 1. The van der Waals surface area contributed by atoms with E-state index >= 15 is 0 Å². The van der Waals surface area contributed by atoms with Crippen molar-refractivity contribution in [2.24, 2.45) is 0 Å². The highest BCUT2D eigenvalue weighted by Gasteiger charge is 2.15. The number of anilines is 1. The normalized spacial score (nSPS) is 16.6. The number of nitrogens with zero attached hydrogens (tertiary/aromatic N) is 2. The monoisotopic (exact) mass is 277 g/mol. The van der Waals surface area contributed by atoms with E-state index in [1.54, 1.807) is 0 Å². The summed E-state index contributed by atoms with van der Waals surface area (Å²) in [5.41, 5.74) is 0. The van der Waals surface area contributed by atoms with Crippen LogP contribution in [0.25, 0.3) is 10.1 Å². The molecule has 0 saturated carbocycles. The average Bonchev–Trinajstić information content (AvgIpc) is 2.83. The van der Waals surface area contributed by atoms with Crippen LogP contribution in [-0.4, -0.2) is 48.0 Å². The molecule has 0 bridgehead atoms. The van der Waals surface area contributed by atoms with Gasteiger partial charge in [0, 0.05) is 18.5 Å². The van der Waals surface area contributed by atoms with E-state index in [1.165, 1.54) is 11.5 Å². The predicted molar refractivity (Wildman–Crippen MR) is 75.5 cm³/mol. The average molecular weight is 277 g/mol. The Hall–Kier alpha value is -1.50. The number of fused-ring (bicyclic) bond motifs is 1. The van der Waals surface area contributed by atoms with Crippen LogP contribution >= 0.6 is 11.5 Å². The fraction of sp³-hybridized carbons (Fsp3) is 0.385. The third-order valence-electron chi connectivity index (χ3n) is 3.11. The minimum Gasteiger partial charge on any atom is -0.379 e. The molecule has 0 spiro atoms. The van der Waals surface area contributed by atoms with E-state index in [-0.39, 0.29) is 5.91 Å². The number of amides is 1. The molecule has 1 aromatic heterocycles. The van der Waals surface area contributed by atoms with Crippen molar-refractivity contribution >= 4 is 33.3 Å². The maximum Gasteiger partial charge on any atom is 0.239 e. The van der Waals surface area contributed by atoms with E-state index in [1.807, 2.05) is 24.3 Å². The summed E-state index contributed by atoms with van der Waals surface area (Å²) < 4.78 is 10.6. The molecule has 1 saturated heterocycles. The summed E-state index contributed by atoms with van der Waals surface area (Å²) in [7, 11) is 0. The quantitative estimate of drug-likeness (QED) is 0.925. The minimum absolute atomic E-state index is 0.0158. The molecule has 1 aliphatic heterocycles. The van der Waals surface area contributed by atoms with Gasteiger partial charge in [0.15, 0.2) is 5.82 Å². The van der Waals surface area contributed by atoms with Gasteiger partial charge in [-0.1, -0.05) is 12.1 Å². The molecule has 0 unspecified atom stereocenters. The fourth-order valence-electron chi connectivity index (χ4n) is 2.11. The zero-order valence-corrected chi connectivity index (χ0v) is 11.3. The molecule has 0 atom stereocenters. The molecule has 100 valence electrons. The van der Waals surface area contributed by atoms with Gasteiger partial charge >= 0.3 is 0 Å². The van der Waals surface area contributed by atoms with Crippen molar-refractivity contribution in [2.45, 2.75) is 0 Å². The Bertz CT molecular complexity index is 578. The van der Waals surface area contributed by atoms with Gasteiger partial charge in [0.2, 0.25) is 5.91 Å². The topological polar surface area (TPSA) is 54.5 Å². The molecule has 2 aromatic rings. The van der Waals surface area contributed by atoms with Crippen molar-refractivity contribution in [3.63, 3.8) is 0 Å². The van der Waals surface area contributed by atoms with Crippen molar-refractivity contribution in [3.05, 3.63) is 24.3 Å². The molecular weight excluding hydrogens is 262 g/mol. The molecule has 5 nitrogen and oxygen atoms in total. The van der Waals surface area contributed by atoms with E-state index in [2.05, 4.69) is 14.6 Å². The molecule has 0 aliphatic carbocycles. The van der Waals surface area contributed by atoms with Crippen molar-refractivity contribution in [1.29, 1.82) is 0 Å². The van der Waals surface area contributed by atoms with Gasteiger partial charge in [0.25, 0.3) is 0 Å². The molecule has 1 aromatic carbocycles. The molecule has 6 heteroatoms. The largest absolute Gasteiger partial charge is 0.379 e. The predicted octanol–water partition coefficient (Wildman–Crippen LogP) is 1.57. The first-order valence-corrected chi connectivity index (χ1v) is 7.04. The van der Waals surface area contributed by atoms with Crippen LogP contribution < -0.4 is 5.32 Å². The second-order valence-electron chi connectivity index (χ2n) is 4.46. The summed E-state index contributed by atoms with van der Waals surface area (Å²) in [5.74, 6) is 0.650. The van der Waals surface area contributed by atoms with Crippen molar-refractivity contribution < 1.29 is 9.53 Å². The zero-order chi connectivity index (χ0) is 13.1. The third kappa shape index (κ3) is 2.91. The lowest BCUT2D eigenvalue weighted by Gasteiger charge is -2.25. The zero-order valence-electron chi connectivity index (χ0n) is 10.5. The summed E-state index contributed by atoms with van der Waals surface area (Å²) in [6, 6.07) is 7.90. The maximum absolute atomic E-state index is 12.0. The number of rotatable bonds is 3. The SMILES string of the molecule is O=C(CN1CCOCC1)Nc1nsc2ccccc12. The Balaban J connectivity index is 1.65. The van der Waals surface area contributed by atoms with Gasteiger partial charge < -0.3 is 10.1 Å². The first kappa shape index (κ1) is 12.5. The second-order valence-corrected chi connectivity index (χ2v) is 5.27. The number of ether oxygens (including phenoxy) is 1. The van der Waals surface area contributed by atoms with E-state index in [0.29, 0.717) is 25.6 Å². The van der Waals surface area contributed by atoms with Gasteiger partial charge in [0.05, 0.1) is 24.5 Å². The van der Waals surface area contributed by atoms with E-state index in [9.17, 15) is 4.79 Å². The first-order valence-electron chi connectivity index (χ1n) is 6.27. The first-order chi connectivity index (χ1) is 9.33. The summed E-state index contributed by atoms with van der Waals surface area (Å²) in [6.45, 7) is 3.42. The molecule has 1 amide bonds. The number of hydrogen-bond donors (Lipinski definition) is 1. The fourth-order valence-corrected chi connectivity index (χ4v) is 2.85. The Labute approximate surface area is 115 Å². The Kier molecular flexibility index (Phi) is 3.72. The molecule has 19 heavy (non-hydrogen) atoms. The van der Waals surface area contributed by atoms with Gasteiger partial charge in [-0.2, -0.15) is 4.37 Å². The molecule has 1 aliphatic rings. The molecule has 3 rings (SSSR count). The number of carbonyl (C=O) groups excluding carboxylic acids is 1. The van der Waals surface area contributed by atoms with Crippen LogP contribution in [0, 0.1) is 0 Å². The smallest absolute Gasteiger partial charge is 0.239 e. The van der Waals surface area contributed by atoms with Crippen LogP contribution in [-0.2, 0) is 9.53 Å². The van der Waals surface area contributed by atoms with Gasteiger partial charge in [-0.05, 0) is 23.7 Å². The Morgan fingerprint density at radius 3 is 3.00 bits per heavy atom. The number of benzene rings is 1. The standard InChI is InChI=1S/C13H15N3O2S/c17-12(9-16-5-7-18-8-6-16)14-13-10-3-1-2-4-11(10)19-15-13/h1-4H,5-9H2,(H,14,15,17). The van der Waals surface area contributed by atoms with Gasteiger partial charge in [-0.25, -0.2) is 0 Å². The van der Waals surface area contributed by atoms with Gasteiger partial charge in [-0.15, -0.1) is 0 Å². The van der Waals surface area contributed by atoms with Crippen molar-refractivity contribution in [3.8, 4) is 0 Å². The summed E-state index contributed by atoms with van der Waals surface area (Å²) in [4.78, 5) is 14.1. The highest BCUT2D eigenvalue weighted by Crippen LogP contribution is 2.25. The van der Waals surface area contributed by atoms with Crippen LogP contribution in [0.2, 0.25) is 0 Å². The van der Waals surface area contributed by atoms with Gasteiger partial charge in [0.1, 0.15) is 0 Å². The highest BCUT2D eigenvalue weighted by molar-refractivity contribution is 7.13. The third-order valence-corrected chi connectivity index (χ3v) is 3.93. The lowest BCUT2D eigenvalue weighted by molar-refractivity contribution is -0.118. The lowest BCUT2D eigenvalue weighted by Crippen LogP contribution is -2.41. The molecule has 1 N–H and O–H groups in total. The van der Waals surface area contributed by atoms with E-state index in [0.717, 1.165) is 23.2 Å². The Morgan fingerprint density at radius 2 is 2.16 bits per heavy atom. The van der Waals surface area contributed by atoms with Crippen LogP contribution in [0.15, 0.2) is 24.3 Å².